The summed E-state index contributed by atoms with van der Waals surface area (Å²) in [6.45, 7) is 7.30. The minimum atomic E-state index is -1.29. The molecule has 17 heavy (non-hydrogen) atoms. The third-order valence-corrected chi connectivity index (χ3v) is 3.91. The molecule has 0 saturated carbocycles. The maximum atomic E-state index is 12.1. The van der Waals surface area contributed by atoms with E-state index < -0.39 is 21.8 Å². The molecule has 1 N–H and O–H groups in total. The van der Waals surface area contributed by atoms with Crippen molar-refractivity contribution in [1.82, 2.24) is 4.72 Å². The number of benzene rings is 1. The van der Waals surface area contributed by atoms with Crippen molar-refractivity contribution in [2.75, 3.05) is 7.11 Å². The second kappa shape index (κ2) is 5.65. The molecule has 0 fully saturated rings. The molecule has 0 radical (unpaired) electrons. The number of nitrogens with one attached hydrogen (secondary N) is 1. The summed E-state index contributed by atoms with van der Waals surface area (Å²) in [7, 11) is 0.290. The second-order valence-corrected chi connectivity index (χ2v) is 6.81. The zero-order valence-corrected chi connectivity index (χ0v) is 11.9. The van der Waals surface area contributed by atoms with Crippen LogP contribution in [0.15, 0.2) is 24.3 Å². The molecule has 1 rings (SSSR count). The molecule has 96 valence electrons. The summed E-state index contributed by atoms with van der Waals surface area (Å²) in [4.78, 5) is 0. The molecule has 3 nitrogen and oxygen atoms in total. The van der Waals surface area contributed by atoms with Crippen LogP contribution in [-0.4, -0.2) is 16.1 Å². The largest absolute Gasteiger partial charge is 0.497 e. The fraction of sp³-hybridized carbons (Fsp3) is 0.538. The van der Waals surface area contributed by atoms with Gasteiger partial charge in [0.15, 0.2) is 0 Å². The normalized spacial score (nSPS) is 18.1. The number of ether oxygens (including phenoxy) is 1. The summed E-state index contributed by atoms with van der Waals surface area (Å²) < 4.78 is 27.9. The molecule has 0 heterocycles. The average molecular weight is 256 g/mol. The number of methoxy groups -OCH3 is 1. The molecule has 1 aromatic rings. The lowest BCUT2D eigenvalue weighted by Crippen LogP contribution is -2.34. The Hall–Kier alpha value is -0.870. The van der Waals surface area contributed by atoms with Crippen LogP contribution in [0.4, 0.5) is 0 Å². The first kappa shape index (κ1) is 12.6. The lowest BCUT2D eigenvalue weighted by Gasteiger charge is -2.22. The third-order valence-electron chi connectivity index (χ3n) is 2.30. The zero-order chi connectivity index (χ0) is 14.0. The van der Waals surface area contributed by atoms with Gasteiger partial charge in [-0.05, 0) is 45.4 Å². The van der Waals surface area contributed by atoms with Crippen LogP contribution in [0, 0.1) is 0 Å². The van der Waals surface area contributed by atoms with Gasteiger partial charge in [0, 0.05) is 6.02 Å². The first-order chi connectivity index (χ1) is 8.16. The topological polar surface area (TPSA) is 38.3 Å². The Morgan fingerprint density at radius 2 is 2.12 bits per heavy atom. The van der Waals surface area contributed by atoms with Crippen molar-refractivity contribution in [3.63, 3.8) is 0 Å². The quantitative estimate of drug-likeness (QED) is 0.899. The monoisotopic (exact) mass is 256 g/mol. The Kier molecular flexibility index (Phi) is 4.18. The first-order valence-electron chi connectivity index (χ1n) is 6.01. The van der Waals surface area contributed by atoms with Gasteiger partial charge >= 0.3 is 0 Å². The van der Waals surface area contributed by atoms with E-state index in [9.17, 15) is 4.21 Å². The van der Waals surface area contributed by atoms with Crippen LogP contribution in [0.2, 0.25) is 0 Å². The van der Waals surface area contributed by atoms with Gasteiger partial charge in [-0.3, -0.25) is 0 Å². The van der Waals surface area contributed by atoms with Crippen LogP contribution in [0.25, 0.3) is 0 Å². The fourth-order valence-corrected chi connectivity index (χ4v) is 1.91. The molecule has 0 aliphatic carbocycles. The minimum absolute atomic E-state index is 0.402. The van der Waals surface area contributed by atoms with Crippen molar-refractivity contribution in [3.8, 4) is 5.75 Å². The van der Waals surface area contributed by atoms with Gasteiger partial charge in [0.2, 0.25) is 0 Å². The van der Waals surface area contributed by atoms with Crippen LogP contribution >= 0.6 is 0 Å². The molecule has 4 heteroatoms. The molecule has 0 spiro atoms. The smallest absolute Gasteiger partial charge is 0.119 e. The van der Waals surface area contributed by atoms with E-state index in [1.165, 1.54) is 0 Å². The molecule has 0 amide bonds. The number of hydrogen-bond acceptors (Lipinski definition) is 2. The van der Waals surface area contributed by atoms with E-state index in [0.29, 0.717) is 5.75 Å². The number of rotatable bonds is 4. The highest BCUT2D eigenvalue weighted by Gasteiger charge is 2.21. The van der Waals surface area contributed by atoms with Crippen LogP contribution in [0.5, 0.6) is 5.75 Å². The van der Waals surface area contributed by atoms with E-state index in [0.717, 1.165) is 5.56 Å². The SMILES string of the molecule is [2H][C@@](C)(N[S@](=O)C(C)(C)C)c1cccc(OC)c1. The van der Waals surface area contributed by atoms with Gasteiger partial charge in [0.1, 0.15) is 5.75 Å². The Morgan fingerprint density at radius 3 is 2.65 bits per heavy atom. The number of hydrogen-bond donors (Lipinski definition) is 1. The summed E-state index contributed by atoms with van der Waals surface area (Å²) in [6, 6.07) is 6.12. The van der Waals surface area contributed by atoms with E-state index in [2.05, 4.69) is 4.72 Å². The standard InChI is InChI=1S/C13H21NO2S/c1-10(14-17(15)13(2,3)4)11-7-6-8-12(9-11)16-5/h6-10,14H,1-5H3/t10-,17+/m0/s1/i10D. The lowest BCUT2D eigenvalue weighted by molar-refractivity contribution is 0.414. The minimum Gasteiger partial charge on any atom is -0.497 e. The van der Waals surface area contributed by atoms with Crippen LogP contribution < -0.4 is 9.46 Å². The molecule has 0 unspecified atom stereocenters. The Labute approximate surface area is 108 Å². The van der Waals surface area contributed by atoms with Gasteiger partial charge in [0.05, 0.1) is 24.2 Å². The van der Waals surface area contributed by atoms with Crippen molar-refractivity contribution in [2.45, 2.75) is 38.5 Å². The summed E-state index contributed by atoms with van der Waals surface area (Å²) in [5, 5.41) is 0. The highest BCUT2D eigenvalue weighted by Crippen LogP contribution is 2.20. The lowest BCUT2D eigenvalue weighted by atomic mass is 10.1. The van der Waals surface area contributed by atoms with E-state index in [1.807, 2.05) is 39.0 Å². The van der Waals surface area contributed by atoms with Gasteiger partial charge in [0.25, 0.3) is 0 Å². The van der Waals surface area contributed by atoms with Crippen molar-refractivity contribution >= 4 is 11.0 Å². The Balaban J connectivity index is 2.95. The van der Waals surface area contributed by atoms with E-state index in [1.54, 1.807) is 20.1 Å². The summed E-state index contributed by atoms with van der Waals surface area (Å²) in [5.41, 5.74) is 0.722. The average Bonchev–Trinajstić information content (AvgIpc) is 2.27. The van der Waals surface area contributed by atoms with Gasteiger partial charge in [-0.2, -0.15) is 0 Å². The molecule has 0 aromatic heterocycles. The van der Waals surface area contributed by atoms with Crippen LogP contribution in [-0.2, 0) is 11.0 Å². The predicted molar refractivity (Wildman–Crippen MR) is 72.4 cm³/mol. The van der Waals surface area contributed by atoms with Crippen molar-refractivity contribution in [1.29, 1.82) is 0 Å². The van der Waals surface area contributed by atoms with Crippen molar-refractivity contribution in [2.24, 2.45) is 0 Å². The highest BCUT2D eigenvalue weighted by atomic mass is 32.2. The molecular weight excluding hydrogens is 234 g/mol. The van der Waals surface area contributed by atoms with Gasteiger partial charge < -0.3 is 4.74 Å². The maximum absolute atomic E-state index is 12.1. The van der Waals surface area contributed by atoms with E-state index in [4.69, 9.17) is 6.11 Å². The predicted octanol–water partition coefficient (Wildman–Crippen LogP) is 2.81. The maximum Gasteiger partial charge on any atom is 0.119 e. The Bertz CT molecular complexity index is 441. The van der Waals surface area contributed by atoms with Gasteiger partial charge in [-0.15, -0.1) is 0 Å². The van der Waals surface area contributed by atoms with E-state index >= 15 is 0 Å². The highest BCUT2D eigenvalue weighted by molar-refractivity contribution is 7.84. The fourth-order valence-electron chi connectivity index (χ4n) is 1.21. The van der Waals surface area contributed by atoms with Crippen LogP contribution in [0.1, 0.15) is 40.6 Å². The van der Waals surface area contributed by atoms with Gasteiger partial charge in [-0.1, -0.05) is 12.1 Å². The van der Waals surface area contributed by atoms with Crippen LogP contribution in [0.3, 0.4) is 0 Å². The van der Waals surface area contributed by atoms with Gasteiger partial charge in [-0.25, -0.2) is 8.93 Å². The second-order valence-electron chi connectivity index (χ2n) is 4.84. The third kappa shape index (κ3) is 4.13. The molecular formula is C13H21NO2S. The van der Waals surface area contributed by atoms with E-state index in [-0.39, 0.29) is 0 Å². The molecule has 0 saturated heterocycles. The molecule has 0 aliphatic rings. The van der Waals surface area contributed by atoms with Crippen molar-refractivity contribution in [3.05, 3.63) is 29.8 Å². The summed E-state index contributed by atoms with van der Waals surface area (Å²) in [6.07, 6.45) is 0. The summed E-state index contributed by atoms with van der Waals surface area (Å²) in [5.74, 6) is 0.689. The van der Waals surface area contributed by atoms with Crippen molar-refractivity contribution < 1.29 is 10.3 Å². The summed E-state index contributed by atoms with van der Waals surface area (Å²) >= 11 is 0. The Morgan fingerprint density at radius 1 is 1.47 bits per heavy atom. The molecule has 1 aromatic carbocycles. The first-order valence-corrected chi connectivity index (χ1v) is 6.66. The molecule has 0 aliphatic heterocycles. The molecule has 0 bridgehead atoms. The molecule has 2 atom stereocenters. The zero-order valence-electron chi connectivity index (χ0n) is 12.0.